The van der Waals surface area contributed by atoms with E-state index in [4.69, 9.17) is 9.47 Å². The van der Waals surface area contributed by atoms with Crippen LogP contribution in [0.15, 0.2) is 23.1 Å². The first-order valence-corrected chi connectivity index (χ1v) is 11.2. The number of ether oxygens (including phenoxy) is 2. The van der Waals surface area contributed by atoms with Crippen molar-refractivity contribution >= 4 is 27.6 Å². The Bertz CT molecular complexity index is 1120. The molecule has 1 aliphatic rings. The van der Waals surface area contributed by atoms with Gasteiger partial charge in [-0.25, -0.2) is 17.9 Å². The van der Waals surface area contributed by atoms with Crippen molar-refractivity contribution in [3.8, 4) is 5.75 Å². The summed E-state index contributed by atoms with van der Waals surface area (Å²) >= 11 is 0. The number of hydrogen-bond donors (Lipinski definition) is 2. The number of nitrogens with one attached hydrogen (secondary N) is 2. The second-order valence-electron chi connectivity index (χ2n) is 7.47. The van der Waals surface area contributed by atoms with E-state index in [1.165, 1.54) is 32.2 Å². The number of carbonyl (C=O) groups excluding carboxylic acids is 2. The van der Waals surface area contributed by atoms with E-state index in [-0.39, 0.29) is 22.3 Å². The lowest BCUT2D eigenvalue weighted by molar-refractivity contribution is -0.123. The molecule has 168 valence electrons. The summed E-state index contributed by atoms with van der Waals surface area (Å²) in [5.74, 6) is -1.24. The van der Waals surface area contributed by atoms with Gasteiger partial charge in [-0.1, -0.05) is 0 Å². The quantitative estimate of drug-likeness (QED) is 0.585. The largest absolute Gasteiger partial charge is 0.495 e. The lowest BCUT2D eigenvalue weighted by Crippen LogP contribution is -2.30. The average Bonchev–Trinajstić information content (AvgIpc) is 3.49. The first-order valence-electron chi connectivity index (χ1n) is 9.76. The van der Waals surface area contributed by atoms with Crippen LogP contribution in [0.4, 0.5) is 5.69 Å². The van der Waals surface area contributed by atoms with Crippen molar-refractivity contribution in [3.63, 3.8) is 0 Å². The van der Waals surface area contributed by atoms with Crippen LogP contribution in [0.1, 0.15) is 41.5 Å². The number of amides is 1. The molecule has 3 rings (SSSR count). The van der Waals surface area contributed by atoms with Gasteiger partial charge in [-0.3, -0.25) is 9.48 Å². The van der Waals surface area contributed by atoms with E-state index < -0.39 is 28.0 Å². The number of anilines is 1. The van der Waals surface area contributed by atoms with Crippen LogP contribution >= 0.6 is 0 Å². The number of aromatic nitrogens is 2. The number of sulfonamides is 1. The van der Waals surface area contributed by atoms with Crippen molar-refractivity contribution in [2.24, 2.45) is 7.05 Å². The zero-order valence-corrected chi connectivity index (χ0v) is 18.9. The van der Waals surface area contributed by atoms with Crippen molar-refractivity contribution in [2.75, 3.05) is 12.4 Å². The van der Waals surface area contributed by atoms with Gasteiger partial charge in [0.25, 0.3) is 5.91 Å². The molecule has 1 heterocycles. The number of rotatable bonds is 8. The molecule has 10 nitrogen and oxygen atoms in total. The van der Waals surface area contributed by atoms with E-state index in [1.807, 2.05) is 0 Å². The van der Waals surface area contributed by atoms with Crippen LogP contribution in [-0.4, -0.2) is 49.3 Å². The third kappa shape index (κ3) is 5.05. The lowest BCUT2D eigenvalue weighted by atomic mass is 10.2. The molecule has 0 aliphatic heterocycles. The Morgan fingerprint density at radius 1 is 1.26 bits per heavy atom. The minimum atomic E-state index is -3.86. The maximum absolute atomic E-state index is 12.6. The van der Waals surface area contributed by atoms with Gasteiger partial charge in [-0.15, -0.1) is 0 Å². The fourth-order valence-corrected chi connectivity index (χ4v) is 4.46. The van der Waals surface area contributed by atoms with E-state index in [2.05, 4.69) is 15.1 Å². The maximum Gasteiger partial charge on any atom is 0.338 e. The van der Waals surface area contributed by atoms with Crippen LogP contribution in [0.25, 0.3) is 0 Å². The number of benzene rings is 1. The van der Waals surface area contributed by atoms with Crippen molar-refractivity contribution in [3.05, 3.63) is 35.2 Å². The number of carbonyl (C=O) groups is 2. The maximum atomic E-state index is 12.6. The van der Waals surface area contributed by atoms with Gasteiger partial charge < -0.3 is 14.8 Å². The molecule has 11 heteroatoms. The van der Waals surface area contributed by atoms with Crippen LogP contribution in [0.2, 0.25) is 0 Å². The average molecular weight is 451 g/mol. The molecule has 1 amide bonds. The van der Waals surface area contributed by atoms with E-state index in [1.54, 1.807) is 25.6 Å². The summed E-state index contributed by atoms with van der Waals surface area (Å²) in [7, 11) is -0.756. The number of aryl methyl sites for hydroxylation is 2. The molecule has 0 saturated heterocycles. The highest BCUT2D eigenvalue weighted by Gasteiger charge is 2.31. The van der Waals surface area contributed by atoms with E-state index in [0.29, 0.717) is 11.4 Å². The topological polar surface area (TPSA) is 129 Å². The van der Waals surface area contributed by atoms with Crippen LogP contribution in [-0.2, 0) is 26.6 Å². The van der Waals surface area contributed by atoms with Crippen LogP contribution in [0.3, 0.4) is 0 Å². The molecule has 1 aliphatic carbocycles. The number of hydrogen-bond acceptors (Lipinski definition) is 7. The molecule has 2 N–H and O–H groups in total. The minimum Gasteiger partial charge on any atom is -0.495 e. The first kappa shape index (κ1) is 22.8. The Labute approximate surface area is 181 Å². The van der Waals surface area contributed by atoms with Crippen molar-refractivity contribution in [1.82, 2.24) is 14.5 Å². The molecule has 1 aromatic heterocycles. The summed E-state index contributed by atoms with van der Waals surface area (Å²) in [4.78, 5) is 24.9. The molecular weight excluding hydrogens is 424 g/mol. The molecule has 1 atom stereocenters. The summed E-state index contributed by atoms with van der Waals surface area (Å²) in [6.45, 7) is 5.00. The standard InChI is InChI=1S/C20H26N4O6S/c1-11-18(12(2)24(4)22-11)21-19(25)13(3)30-20(26)14-6-9-16(29-5)17(10-14)31(27,28)23-15-7-8-15/h6,9-10,13,15,23H,7-8H2,1-5H3,(H,21,25)/t13-/m0/s1. The van der Waals surface area contributed by atoms with Crippen molar-refractivity contribution in [1.29, 1.82) is 0 Å². The van der Waals surface area contributed by atoms with Gasteiger partial charge in [-0.2, -0.15) is 5.10 Å². The Kier molecular flexibility index (Phi) is 6.37. The van der Waals surface area contributed by atoms with Gasteiger partial charge in [0.1, 0.15) is 10.6 Å². The van der Waals surface area contributed by atoms with Gasteiger partial charge >= 0.3 is 5.97 Å². The Morgan fingerprint density at radius 3 is 2.48 bits per heavy atom. The van der Waals surface area contributed by atoms with Crippen LogP contribution in [0, 0.1) is 13.8 Å². The SMILES string of the molecule is COc1ccc(C(=O)O[C@@H](C)C(=O)Nc2c(C)nn(C)c2C)cc1S(=O)(=O)NC1CC1. The number of methoxy groups -OCH3 is 1. The van der Waals surface area contributed by atoms with Crippen molar-refractivity contribution in [2.45, 2.75) is 50.7 Å². The zero-order valence-electron chi connectivity index (χ0n) is 18.1. The fraction of sp³-hybridized carbons (Fsp3) is 0.450. The summed E-state index contributed by atoms with van der Waals surface area (Å²) in [6.07, 6.45) is 0.427. The zero-order chi connectivity index (χ0) is 22.9. The van der Waals surface area contributed by atoms with E-state index in [0.717, 1.165) is 18.5 Å². The highest BCUT2D eigenvalue weighted by atomic mass is 32.2. The Morgan fingerprint density at radius 2 is 1.94 bits per heavy atom. The van der Waals surface area contributed by atoms with E-state index in [9.17, 15) is 18.0 Å². The van der Waals surface area contributed by atoms with Crippen LogP contribution < -0.4 is 14.8 Å². The van der Waals surface area contributed by atoms with Gasteiger partial charge in [0.15, 0.2) is 6.10 Å². The molecule has 31 heavy (non-hydrogen) atoms. The smallest absolute Gasteiger partial charge is 0.338 e. The summed E-state index contributed by atoms with van der Waals surface area (Å²) in [6, 6.07) is 3.85. The van der Waals surface area contributed by atoms with Crippen LogP contribution in [0.5, 0.6) is 5.75 Å². The second kappa shape index (κ2) is 8.67. The van der Waals surface area contributed by atoms with Crippen molar-refractivity contribution < 1.29 is 27.5 Å². The fourth-order valence-electron chi connectivity index (χ4n) is 2.96. The number of esters is 1. The summed E-state index contributed by atoms with van der Waals surface area (Å²) < 4.78 is 39.8. The predicted octanol–water partition coefficient (Wildman–Crippen LogP) is 1.67. The Hall–Kier alpha value is -2.92. The third-order valence-electron chi connectivity index (χ3n) is 5.00. The molecule has 1 saturated carbocycles. The molecule has 0 radical (unpaired) electrons. The normalized spacial score (nSPS) is 14.7. The Balaban J connectivity index is 1.74. The third-order valence-corrected chi connectivity index (χ3v) is 6.54. The molecule has 0 unspecified atom stereocenters. The van der Waals surface area contributed by atoms with Gasteiger partial charge in [0.2, 0.25) is 10.0 Å². The van der Waals surface area contributed by atoms with Gasteiger partial charge in [-0.05, 0) is 51.8 Å². The first-order chi connectivity index (χ1) is 14.5. The highest BCUT2D eigenvalue weighted by Crippen LogP contribution is 2.28. The highest BCUT2D eigenvalue weighted by molar-refractivity contribution is 7.89. The van der Waals surface area contributed by atoms with Gasteiger partial charge in [0.05, 0.1) is 29.7 Å². The number of nitrogens with zero attached hydrogens (tertiary/aromatic N) is 2. The van der Waals surface area contributed by atoms with E-state index >= 15 is 0 Å². The molecule has 0 spiro atoms. The molecule has 0 bridgehead atoms. The monoisotopic (exact) mass is 450 g/mol. The van der Waals surface area contributed by atoms with Gasteiger partial charge in [0, 0.05) is 13.1 Å². The molecule has 1 aromatic carbocycles. The summed E-state index contributed by atoms with van der Waals surface area (Å²) in [5.41, 5.74) is 1.95. The second-order valence-corrected chi connectivity index (χ2v) is 9.15. The molecular formula is C20H26N4O6S. The molecule has 2 aromatic rings. The predicted molar refractivity (Wildman–Crippen MR) is 113 cm³/mol. The lowest BCUT2D eigenvalue weighted by Gasteiger charge is -2.15. The summed E-state index contributed by atoms with van der Waals surface area (Å²) in [5, 5.41) is 6.94. The minimum absolute atomic E-state index is 0.00893. The molecule has 1 fully saturated rings.